The van der Waals surface area contributed by atoms with Crippen LogP contribution in [0.1, 0.15) is 60.3 Å². The zero-order valence-electron chi connectivity index (χ0n) is 21.8. The Kier molecular flexibility index (Phi) is 8.38. The van der Waals surface area contributed by atoms with Gasteiger partial charge in [0.2, 0.25) is 11.7 Å². The van der Waals surface area contributed by atoms with E-state index in [-0.39, 0.29) is 17.7 Å². The number of aryl methyl sites for hydroxylation is 1. The van der Waals surface area contributed by atoms with Crippen LogP contribution in [0, 0.1) is 0 Å². The minimum Gasteiger partial charge on any atom is -0.493 e. The molecule has 1 fully saturated rings. The van der Waals surface area contributed by atoms with E-state index < -0.39 is 11.9 Å². The highest BCUT2D eigenvalue weighted by atomic mass is 16.5. The second kappa shape index (κ2) is 11.9. The summed E-state index contributed by atoms with van der Waals surface area (Å²) in [4.78, 5) is 29.4. The van der Waals surface area contributed by atoms with Crippen LogP contribution >= 0.6 is 0 Å². The fourth-order valence-electron chi connectivity index (χ4n) is 4.82. The molecule has 3 aromatic rings. The van der Waals surface area contributed by atoms with Crippen molar-refractivity contribution in [1.82, 2.24) is 5.32 Å². The van der Waals surface area contributed by atoms with E-state index in [2.05, 4.69) is 12.2 Å². The molecule has 1 aromatic heterocycles. The van der Waals surface area contributed by atoms with E-state index in [4.69, 9.17) is 18.6 Å². The lowest BCUT2D eigenvalue weighted by molar-refractivity contribution is -0.123. The van der Waals surface area contributed by atoms with Gasteiger partial charge in [0.1, 0.15) is 6.04 Å². The summed E-state index contributed by atoms with van der Waals surface area (Å²) in [6, 6.07) is 13.3. The number of carbonyl (C=O) groups is 2. The summed E-state index contributed by atoms with van der Waals surface area (Å²) in [5.41, 5.74) is 2.21. The molecule has 0 radical (unpaired) electrons. The second-order valence-electron chi connectivity index (χ2n) is 9.02. The molecule has 1 heterocycles. The smallest absolute Gasteiger partial charge is 0.294 e. The Bertz CT molecular complexity index is 1170. The van der Waals surface area contributed by atoms with Gasteiger partial charge in [-0.05, 0) is 66.8 Å². The molecule has 1 saturated carbocycles. The second-order valence-corrected chi connectivity index (χ2v) is 9.02. The number of nitrogens with zero attached hydrogens (tertiary/aromatic N) is 1. The maximum Gasteiger partial charge on any atom is 0.294 e. The van der Waals surface area contributed by atoms with E-state index in [1.807, 2.05) is 24.3 Å². The van der Waals surface area contributed by atoms with Crippen molar-refractivity contribution in [2.75, 3.05) is 26.2 Å². The summed E-state index contributed by atoms with van der Waals surface area (Å²) < 4.78 is 22.1. The predicted octanol–water partition coefficient (Wildman–Crippen LogP) is 5.31. The van der Waals surface area contributed by atoms with Crippen LogP contribution in [-0.2, 0) is 11.2 Å². The lowest BCUT2D eigenvalue weighted by atomic mass is 10.00. The van der Waals surface area contributed by atoms with Gasteiger partial charge in [0, 0.05) is 11.7 Å². The number of furan rings is 1. The number of hydrogen-bond donors (Lipinski definition) is 1. The van der Waals surface area contributed by atoms with Crippen molar-refractivity contribution in [2.24, 2.45) is 0 Å². The molecule has 8 heteroatoms. The zero-order valence-corrected chi connectivity index (χ0v) is 21.8. The summed E-state index contributed by atoms with van der Waals surface area (Å²) in [6.07, 6.45) is 6.24. The lowest BCUT2D eigenvalue weighted by Crippen LogP contribution is -2.46. The summed E-state index contributed by atoms with van der Waals surface area (Å²) in [5.74, 6) is 0.588. The molecule has 196 valence electrons. The van der Waals surface area contributed by atoms with Crippen LogP contribution in [0.3, 0.4) is 0 Å². The van der Waals surface area contributed by atoms with Crippen LogP contribution in [0.2, 0.25) is 0 Å². The monoisotopic (exact) mass is 506 g/mol. The van der Waals surface area contributed by atoms with Crippen molar-refractivity contribution >= 4 is 17.5 Å². The molecule has 8 nitrogen and oxygen atoms in total. The third-order valence-electron chi connectivity index (χ3n) is 6.78. The third-order valence-corrected chi connectivity index (χ3v) is 6.78. The highest BCUT2D eigenvalue weighted by molar-refractivity contribution is 6.08. The number of ether oxygens (including phenoxy) is 3. The fraction of sp³-hybridized carbons (Fsp3) is 0.379. The zero-order chi connectivity index (χ0) is 26.4. The van der Waals surface area contributed by atoms with Gasteiger partial charge in [-0.25, -0.2) is 0 Å². The predicted molar refractivity (Wildman–Crippen MR) is 141 cm³/mol. The molecule has 0 aliphatic heterocycles. The van der Waals surface area contributed by atoms with Crippen molar-refractivity contribution in [3.63, 3.8) is 0 Å². The minimum absolute atomic E-state index is 0.0556. The van der Waals surface area contributed by atoms with E-state index in [9.17, 15) is 9.59 Å². The Balaban J connectivity index is 1.89. The Morgan fingerprint density at radius 2 is 1.65 bits per heavy atom. The standard InChI is InChI=1S/C29H34N2O6/c1-5-19-12-14-22(15-13-19)31(29(33)23-11-8-16-37-23)26(28(32)30-21-9-6-7-10-21)20-17-24(34-2)27(36-4)25(18-20)35-3/h8,11-18,21,26H,5-7,9-10H2,1-4H3,(H,30,32)/t26-/m1/s1. The number of benzene rings is 2. The molecule has 1 atom stereocenters. The van der Waals surface area contributed by atoms with Crippen LogP contribution < -0.4 is 24.4 Å². The number of rotatable bonds is 10. The molecule has 2 aromatic carbocycles. The molecule has 2 amide bonds. The minimum atomic E-state index is -1.03. The van der Waals surface area contributed by atoms with Crippen LogP contribution in [0.5, 0.6) is 17.2 Å². The first-order valence-electron chi connectivity index (χ1n) is 12.6. The Morgan fingerprint density at radius 3 is 2.16 bits per heavy atom. The fourth-order valence-corrected chi connectivity index (χ4v) is 4.82. The Morgan fingerprint density at radius 1 is 1.00 bits per heavy atom. The number of carbonyl (C=O) groups excluding carboxylic acids is 2. The normalized spacial score (nSPS) is 14.2. The van der Waals surface area contributed by atoms with Gasteiger partial charge in [-0.15, -0.1) is 0 Å². The molecular formula is C29H34N2O6. The van der Waals surface area contributed by atoms with E-state index in [1.54, 1.807) is 24.3 Å². The summed E-state index contributed by atoms with van der Waals surface area (Å²) >= 11 is 0. The Hall–Kier alpha value is -3.94. The van der Waals surface area contributed by atoms with E-state index in [1.165, 1.54) is 32.5 Å². The van der Waals surface area contributed by atoms with Crippen molar-refractivity contribution in [2.45, 2.75) is 51.1 Å². The molecule has 0 unspecified atom stereocenters. The SMILES string of the molecule is CCc1ccc(N(C(=O)c2ccco2)[C@@H](C(=O)NC2CCCC2)c2cc(OC)c(OC)c(OC)c2)cc1. The molecule has 37 heavy (non-hydrogen) atoms. The Labute approximate surface area is 217 Å². The number of methoxy groups -OCH3 is 3. The van der Waals surface area contributed by atoms with E-state index >= 15 is 0 Å². The first-order chi connectivity index (χ1) is 18.0. The van der Waals surface area contributed by atoms with Gasteiger partial charge in [-0.2, -0.15) is 0 Å². The average molecular weight is 507 g/mol. The van der Waals surface area contributed by atoms with Crippen LogP contribution in [0.15, 0.2) is 59.2 Å². The first kappa shape index (κ1) is 26.1. The maximum absolute atomic E-state index is 14.0. The van der Waals surface area contributed by atoms with Gasteiger partial charge in [0.05, 0.1) is 27.6 Å². The highest BCUT2D eigenvalue weighted by Crippen LogP contribution is 2.42. The lowest BCUT2D eigenvalue weighted by Gasteiger charge is -2.32. The van der Waals surface area contributed by atoms with Crippen LogP contribution in [-0.4, -0.2) is 39.2 Å². The van der Waals surface area contributed by atoms with Gasteiger partial charge in [-0.1, -0.05) is 31.9 Å². The highest BCUT2D eigenvalue weighted by Gasteiger charge is 2.37. The number of hydrogen-bond acceptors (Lipinski definition) is 6. The van der Waals surface area contributed by atoms with Gasteiger partial charge < -0.3 is 23.9 Å². The number of anilines is 1. The van der Waals surface area contributed by atoms with Gasteiger partial charge in [0.15, 0.2) is 17.3 Å². The quantitative estimate of drug-likeness (QED) is 0.401. The van der Waals surface area contributed by atoms with Gasteiger partial charge >= 0.3 is 0 Å². The van der Waals surface area contributed by atoms with Crippen LogP contribution in [0.25, 0.3) is 0 Å². The molecular weight excluding hydrogens is 472 g/mol. The maximum atomic E-state index is 14.0. The molecule has 0 saturated heterocycles. The van der Waals surface area contributed by atoms with Crippen LogP contribution in [0.4, 0.5) is 5.69 Å². The van der Waals surface area contributed by atoms with Gasteiger partial charge in [-0.3, -0.25) is 14.5 Å². The van der Waals surface area contributed by atoms with E-state index in [0.717, 1.165) is 37.7 Å². The van der Waals surface area contributed by atoms with Crippen molar-refractivity contribution < 1.29 is 28.2 Å². The third kappa shape index (κ3) is 5.58. The van der Waals surface area contributed by atoms with Crippen molar-refractivity contribution in [3.8, 4) is 17.2 Å². The summed E-state index contributed by atoms with van der Waals surface area (Å²) in [6.45, 7) is 2.06. The van der Waals surface area contributed by atoms with E-state index in [0.29, 0.717) is 28.5 Å². The van der Waals surface area contributed by atoms with Crippen molar-refractivity contribution in [1.29, 1.82) is 0 Å². The molecule has 1 N–H and O–H groups in total. The largest absolute Gasteiger partial charge is 0.493 e. The van der Waals surface area contributed by atoms with Gasteiger partial charge in [0.25, 0.3) is 5.91 Å². The molecule has 4 rings (SSSR count). The molecule has 0 spiro atoms. The first-order valence-corrected chi connectivity index (χ1v) is 12.6. The average Bonchev–Trinajstić information content (AvgIpc) is 3.65. The van der Waals surface area contributed by atoms with Crippen molar-refractivity contribution in [3.05, 3.63) is 71.7 Å². The molecule has 1 aliphatic carbocycles. The summed E-state index contributed by atoms with van der Waals surface area (Å²) in [5, 5.41) is 3.18. The topological polar surface area (TPSA) is 90.2 Å². The number of nitrogens with one attached hydrogen (secondary N) is 1. The number of amides is 2. The molecule has 1 aliphatic rings. The molecule has 0 bridgehead atoms. The summed E-state index contributed by atoms with van der Waals surface area (Å²) in [7, 11) is 4.56.